The Morgan fingerprint density at radius 1 is 0.441 bits per heavy atom. The molecule has 0 radical (unpaired) electrons. The number of hydrogen-bond donors (Lipinski definition) is 0. The molecule has 0 atom stereocenters. The van der Waals surface area contributed by atoms with Crippen molar-refractivity contribution in [2.75, 3.05) is 4.90 Å². The van der Waals surface area contributed by atoms with Crippen LogP contribution in [0.25, 0.3) is 32.7 Å². The average molecular weight is 433 g/mol. The number of hydrogen-bond acceptors (Lipinski definition) is 1. The molecule has 0 heterocycles. The van der Waals surface area contributed by atoms with Gasteiger partial charge in [-0.3, -0.25) is 0 Å². The summed E-state index contributed by atoms with van der Waals surface area (Å²) in [6.07, 6.45) is 0. The summed E-state index contributed by atoms with van der Waals surface area (Å²) in [7, 11) is 2.13. The number of anilines is 3. The predicted octanol–water partition coefficient (Wildman–Crippen LogP) is 7.39. The summed E-state index contributed by atoms with van der Waals surface area (Å²) in [6, 6.07) is 48.0. The van der Waals surface area contributed by atoms with Gasteiger partial charge in [-0.2, -0.15) is 0 Å². The summed E-state index contributed by atoms with van der Waals surface area (Å²) >= 11 is 0. The fourth-order valence-electron chi connectivity index (χ4n) is 4.79. The van der Waals surface area contributed by atoms with Crippen LogP contribution >= 0.6 is 0 Å². The topological polar surface area (TPSA) is 3.24 Å². The molecule has 0 bridgehead atoms. The zero-order valence-electron chi connectivity index (χ0n) is 19.1. The maximum atomic E-state index is 2.41. The Kier molecular flexibility index (Phi) is 5.12. The van der Waals surface area contributed by atoms with E-state index in [2.05, 4.69) is 146 Å². The van der Waals surface area contributed by atoms with Gasteiger partial charge < -0.3 is 4.90 Å². The minimum Gasteiger partial charge on any atom is -0.309 e. The van der Waals surface area contributed by atoms with E-state index in [4.69, 9.17) is 0 Å². The van der Waals surface area contributed by atoms with Crippen molar-refractivity contribution in [3.8, 4) is 11.1 Å². The van der Waals surface area contributed by atoms with Crippen LogP contribution in [0.4, 0.5) is 17.1 Å². The highest BCUT2D eigenvalue weighted by molar-refractivity contribution is 6.32. The number of benzene rings is 6. The van der Waals surface area contributed by atoms with Crippen LogP contribution in [0.2, 0.25) is 0 Å². The summed E-state index contributed by atoms with van der Waals surface area (Å²) in [4.78, 5) is 2.41. The van der Waals surface area contributed by atoms with Gasteiger partial charge in [-0.05, 0) is 46.2 Å². The molecule has 0 amide bonds. The Morgan fingerprint density at radius 2 is 0.971 bits per heavy atom. The van der Waals surface area contributed by atoms with Gasteiger partial charge in [0.2, 0.25) is 0 Å². The third-order valence-electron chi connectivity index (χ3n) is 6.50. The van der Waals surface area contributed by atoms with E-state index < -0.39 is 0 Å². The summed E-state index contributed by atoms with van der Waals surface area (Å²) in [5.74, 6) is 0. The normalized spacial score (nSPS) is 11.1. The molecular weight excluding hydrogens is 409 g/mol. The van der Waals surface area contributed by atoms with E-state index in [1.807, 2.05) is 0 Å². The first kappa shape index (κ1) is 20.3. The molecule has 0 aromatic heterocycles. The molecule has 0 unspecified atom stereocenters. The highest BCUT2D eigenvalue weighted by Crippen LogP contribution is 2.42. The lowest BCUT2D eigenvalue weighted by Gasteiger charge is -2.28. The van der Waals surface area contributed by atoms with Crippen LogP contribution in [0.1, 0.15) is 0 Å². The van der Waals surface area contributed by atoms with Gasteiger partial charge in [0.25, 0.3) is 0 Å². The zero-order valence-corrected chi connectivity index (χ0v) is 19.1. The van der Waals surface area contributed by atoms with Crippen LogP contribution in [0.3, 0.4) is 0 Å². The van der Waals surface area contributed by atoms with E-state index >= 15 is 0 Å². The van der Waals surface area contributed by atoms with Crippen LogP contribution in [0.5, 0.6) is 0 Å². The second kappa shape index (κ2) is 8.57. The van der Waals surface area contributed by atoms with Gasteiger partial charge >= 0.3 is 0 Å². The van der Waals surface area contributed by atoms with Crippen molar-refractivity contribution < 1.29 is 0 Å². The largest absolute Gasteiger partial charge is 0.309 e. The van der Waals surface area contributed by atoms with Crippen molar-refractivity contribution >= 4 is 51.9 Å². The van der Waals surface area contributed by atoms with E-state index in [1.54, 1.807) is 0 Å². The van der Waals surface area contributed by atoms with Crippen LogP contribution < -0.4 is 10.4 Å². The quantitative estimate of drug-likeness (QED) is 0.262. The SMILES string of the molecule is Bc1ccc(-c2cccc(N(c3cccc4ccccc34)c3cccc4ccccc34)c2)cc1. The van der Waals surface area contributed by atoms with Crippen molar-refractivity contribution in [1.82, 2.24) is 0 Å². The van der Waals surface area contributed by atoms with E-state index in [0.29, 0.717) is 0 Å². The second-order valence-electron chi connectivity index (χ2n) is 8.75. The molecule has 0 aliphatic heterocycles. The molecule has 6 aromatic rings. The predicted molar refractivity (Wildman–Crippen MR) is 150 cm³/mol. The summed E-state index contributed by atoms with van der Waals surface area (Å²) < 4.78 is 0. The third kappa shape index (κ3) is 3.64. The molecule has 0 N–H and O–H groups in total. The Morgan fingerprint density at radius 3 is 1.59 bits per heavy atom. The Balaban J connectivity index is 1.62. The summed E-state index contributed by atoms with van der Waals surface area (Å²) in [5.41, 5.74) is 7.20. The third-order valence-corrected chi connectivity index (χ3v) is 6.50. The van der Waals surface area contributed by atoms with E-state index in [0.717, 1.165) is 5.69 Å². The van der Waals surface area contributed by atoms with Gasteiger partial charge in [0, 0.05) is 16.5 Å². The maximum Gasteiger partial charge on any atom is 0.139 e. The van der Waals surface area contributed by atoms with Crippen molar-refractivity contribution in [2.24, 2.45) is 0 Å². The minimum absolute atomic E-state index is 1.14. The minimum atomic E-state index is 1.14. The van der Waals surface area contributed by atoms with Gasteiger partial charge in [-0.1, -0.05) is 115 Å². The lowest BCUT2D eigenvalue weighted by molar-refractivity contribution is 1.31. The first-order valence-electron chi connectivity index (χ1n) is 11.7. The van der Waals surface area contributed by atoms with Gasteiger partial charge in [0.05, 0.1) is 11.4 Å². The highest BCUT2D eigenvalue weighted by atomic mass is 15.1. The molecule has 2 heteroatoms. The van der Waals surface area contributed by atoms with Gasteiger partial charge in [0.1, 0.15) is 7.85 Å². The smallest absolute Gasteiger partial charge is 0.139 e. The van der Waals surface area contributed by atoms with E-state index in [-0.39, 0.29) is 0 Å². The van der Waals surface area contributed by atoms with Crippen LogP contribution in [0.15, 0.2) is 133 Å². The van der Waals surface area contributed by atoms with Crippen LogP contribution in [-0.4, -0.2) is 7.85 Å². The molecule has 34 heavy (non-hydrogen) atoms. The van der Waals surface area contributed by atoms with Crippen molar-refractivity contribution in [1.29, 1.82) is 0 Å². The molecule has 6 aromatic carbocycles. The van der Waals surface area contributed by atoms with E-state index in [1.165, 1.54) is 49.5 Å². The first-order valence-corrected chi connectivity index (χ1v) is 11.7. The zero-order chi connectivity index (χ0) is 22.9. The molecule has 1 nitrogen and oxygen atoms in total. The fraction of sp³-hybridized carbons (Fsp3) is 0. The lowest BCUT2D eigenvalue weighted by atomic mass is 9.93. The Hall–Kier alpha value is -4.30. The molecule has 0 aliphatic rings. The lowest BCUT2D eigenvalue weighted by Crippen LogP contribution is -2.11. The highest BCUT2D eigenvalue weighted by Gasteiger charge is 2.17. The number of fused-ring (bicyclic) bond motifs is 2. The first-order chi connectivity index (χ1) is 16.8. The molecule has 0 spiro atoms. The molecule has 6 rings (SSSR count). The van der Waals surface area contributed by atoms with Gasteiger partial charge in [0.15, 0.2) is 0 Å². The second-order valence-corrected chi connectivity index (χ2v) is 8.75. The molecule has 0 saturated carbocycles. The fourth-order valence-corrected chi connectivity index (χ4v) is 4.79. The van der Waals surface area contributed by atoms with E-state index in [9.17, 15) is 0 Å². The molecular formula is C32H24BN. The number of nitrogens with zero attached hydrogens (tertiary/aromatic N) is 1. The van der Waals surface area contributed by atoms with Crippen molar-refractivity contribution in [2.45, 2.75) is 0 Å². The van der Waals surface area contributed by atoms with Crippen LogP contribution in [0, 0.1) is 0 Å². The van der Waals surface area contributed by atoms with Crippen molar-refractivity contribution in [3.05, 3.63) is 133 Å². The molecule has 0 saturated heterocycles. The summed E-state index contributed by atoms with van der Waals surface area (Å²) in [6.45, 7) is 0. The average Bonchev–Trinajstić information content (AvgIpc) is 2.90. The Labute approximate surface area is 201 Å². The standard InChI is InChI=1S/C32H24BN/c33-27-20-18-23(19-21-27)26-12-5-13-28(22-26)34(31-16-6-10-24-8-1-3-14-29(24)31)32-17-7-11-25-9-2-4-15-30(25)32/h1-22H,33H2. The summed E-state index contributed by atoms with van der Waals surface area (Å²) in [5, 5.41) is 4.94. The number of rotatable bonds is 4. The van der Waals surface area contributed by atoms with Crippen molar-refractivity contribution in [3.63, 3.8) is 0 Å². The Bertz CT molecular complexity index is 1530. The van der Waals surface area contributed by atoms with Gasteiger partial charge in [-0.25, -0.2) is 0 Å². The van der Waals surface area contributed by atoms with Gasteiger partial charge in [-0.15, -0.1) is 0 Å². The van der Waals surface area contributed by atoms with Crippen LogP contribution in [-0.2, 0) is 0 Å². The monoisotopic (exact) mass is 433 g/mol. The maximum absolute atomic E-state index is 2.41. The molecule has 0 aliphatic carbocycles. The molecule has 160 valence electrons. The molecule has 0 fully saturated rings.